The van der Waals surface area contributed by atoms with Crippen LogP contribution >= 0.6 is 0 Å². The SMILES string of the molecule is NC(=O)C1CCN(Cc2ccc(C(F)(F)F)cc2)C1. The zero-order valence-electron chi connectivity index (χ0n) is 10.3. The topological polar surface area (TPSA) is 46.3 Å². The Morgan fingerprint density at radius 2 is 1.95 bits per heavy atom. The van der Waals surface area contributed by atoms with Crippen molar-refractivity contribution in [2.75, 3.05) is 13.1 Å². The minimum absolute atomic E-state index is 0.144. The first kappa shape index (κ1) is 13.9. The molecule has 19 heavy (non-hydrogen) atoms. The summed E-state index contributed by atoms with van der Waals surface area (Å²) in [5.74, 6) is -0.454. The number of rotatable bonds is 3. The number of carbonyl (C=O) groups is 1. The zero-order valence-corrected chi connectivity index (χ0v) is 10.3. The molecule has 1 aliphatic heterocycles. The maximum atomic E-state index is 12.4. The van der Waals surface area contributed by atoms with Gasteiger partial charge in [0, 0.05) is 13.1 Å². The number of benzene rings is 1. The maximum Gasteiger partial charge on any atom is 0.416 e. The summed E-state index contributed by atoms with van der Waals surface area (Å²) in [5, 5.41) is 0. The summed E-state index contributed by atoms with van der Waals surface area (Å²) >= 11 is 0. The van der Waals surface area contributed by atoms with Crippen molar-refractivity contribution in [3.63, 3.8) is 0 Å². The Bertz CT molecular complexity index is 456. The largest absolute Gasteiger partial charge is 0.416 e. The Labute approximate surface area is 109 Å². The predicted molar refractivity (Wildman–Crippen MR) is 64.0 cm³/mol. The van der Waals surface area contributed by atoms with Crippen LogP contribution in [0.5, 0.6) is 0 Å². The number of hydrogen-bond donors (Lipinski definition) is 1. The highest BCUT2D eigenvalue weighted by molar-refractivity contribution is 5.77. The molecule has 1 aromatic carbocycles. The summed E-state index contributed by atoms with van der Waals surface area (Å²) in [5.41, 5.74) is 5.39. The van der Waals surface area contributed by atoms with E-state index in [9.17, 15) is 18.0 Å². The highest BCUT2D eigenvalue weighted by Gasteiger charge is 2.30. The molecule has 1 aromatic rings. The smallest absolute Gasteiger partial charge is 0.369 e. The lowest BCUT2D eigenvalue weighted by Crippen LogP contribution is -2.27. The number of carbonyl (C=O) groups excluding carboxylic acids is 1. The average Bonchev–Trinajstić information content (AvgIpc) is 2.77. The van der Waals surface area contributed by atoms with Crippen molar-refractivity contribution >= 4 is 5.91 Å². The van der Waals surface area contributed by atoms with Gasteiger partial charge in [-0.15, -0.1) is 0 Å². The molecule has 6 heteroatoms. The molecule has 0 bridgehead atoms. The summed E-state index contributed by atoms with van der Waals surface area (Å²) in [7, 11) is 0. The van der Waals surface area contributed by atoms with Crippen molar-refractivity contribution in [2.45, 2.75) is 19.1 Å². The number of likely N-dealkylation sites (tertiary alicyclic amines) is 1. The Morgan fingerprint density at radius 1 is 1.32 bits per heavy atom. The molecule has 0 radical (unpaired) electrons. The lowest BCUT2D eigenvalue weighted by atomic mass is 10.1. The van der Waals surface area contributed by atoms with Crippen LogP contribution in [0.4, 0.5) is 13.2 Å². The van der Waals surface area contributed by atoms with E-state index < -0.39 is 11.7 Å². The Balaban J connectivity index is 1.96. The summed E-state index contributed by atoms with van der Waals surface area (Å²) < 4.78 is 37.2. The van der Waals surface area contributed by atoms with Gasteiger partial charge in [0.2, 0.25) is 5.91 Å². The van der Waals surface area contributed by atoms with Gasteiger partial charge in [0.05, 0.1) is 11.5 Å². The van der Waals surface area contributed by atoms with E-state index in [0.717, 1.165) is 30.7 Å². The number of alkyl halides is 3. The Morgan fingerprint density at radius 3 is 2.42 bits per heavy atom. The van der Waals surface area contributed by atoms with Gasteiger partial charge in [0.1, 0.15) is 0 Å². The number of hydrogen-bond acceptors (Lipinski definition) is 2. The van der Waals surface area contributed by atoms with E-state index in [-0.39, 0.29) is 11.8 Å². The van der Waals surface area contributed by atoms with Crippen LogP contribution in [0.2, 0.25) is 0 Å². The molecule has 1 saturated heterocycles. The van der Waals surface area contributed by atoms with Crippen molar-refractivity contribution in [2.24, 2.45) is 11.7 Å². The van der Waals surface area contributed by atoms with Gasteiger partial charge in [0.25, 0.3) is 0 Å². The van der Waals surface area contributed by atoms with Crippen LogP contribution in [0.15, 0.2) is 24.3 Å². The maximum absolute atomic E-state index is 12.4. The lowest BCUT2D eigenvalue weighted by molar-refractivity contribution is -0.137. The highest BCUT2D eigenvalue weighted by atomic mass is 19.4. The summed E-state index contributed by atoms with van der Waals surface area (Å²) in [6, 6.07) is 5.11. The quantitative estimate of drug-likeness (QED) is 0.915. The first-order valence-corrected chi connectivity index (χ1v) is 6.04. The fourth-order valence-corrected chi connectivity index (χ4v) is 2.27. The van der Waals surface area contributed by atoms with Crippen LogP contribution in [-0.4, -0.2) is 23.9 Å². The van der Waals surface area contributed by atoms with Crippen molar-refractivity contribution in [3.05, 3.63) is 35.4 Å². The van der Waals surface area contributed by atoms with E-state index in [1.807, 2.05) is 4.90 Å². The molecule has 1 heterocycles. The Hall–Kier alpha value is -1.56. The first-order chi connectivity index (χ1) is 8.86. The van der Waals surface area contributed by atoms with Crippen LogP contribution in [0.1, 0.15) is 17.5 Å². The van der Waals surface area contributed by atoms with E-state index in [1.54, 1.807) is 0 Å². The summed E-state index contributed by atoms with van der Waals surface area (Å²) in [4.78, 5) is 13.1. The molecule has 0 saturated carbocycles. The van der Waals surface area contributed by atoms with E-state index in [1.165, 1.54) is 12.1 Å². The lowest BCUT2D eigenvalue weighted by Gasteiger charge is -2.16. The van der Waals surface area contributed by atoms with Gasteiger partial charge in [0.15, 0.2) is 0 Å². The number of nitrogens with two attached hydrogens (primary N) is 1. The van der Waals surface area contributed by atoms with E-state index >= 15 is 0 Å². The van der Waals surface area contributed by atoms with Crippen LogP contribution in [0.3, 0.4) is 0 Å². The fraction of sp³-hybridized carbons (Fsp3) is 0.462. The van der Waals surface area contributed by atoms with Crippen LogP contribution in [0, 0.1) is 5.92 Å². The van der Waals surface area contributed by atoms with Gasteiger partial charge in [-0.25, -0.2) is 0 Å². The molecule has 0 spiro atoms. The average molecular weight is 272 g/mol. The van der Waals surface area contributed by atoms with Crippen molar-refractivity contribution in [3.8, 4) is 0 Å². The molecule has 104 valence electrons. The molecule has 1 amide bonds. The molecular weight excluding hydrogens is 257 g/mol. The van der Waals surface area contributed by atoms with Crippen LogP contribution < -0.4 is 5.73 Å². The van der Waals surface area contributed by atoms with Gasteiger partial charge in [-0.2, -0.15) is 13.2 Å². The minimum Gasteiger partial charge on any atom is -0.369 e. The molecule has 1 unspecified atom stereocenters. The highest BCUT2D eigenvalue weighted by Crippen LogP contribution is 2.29. The number of nitrogens with zero attached hydrogens (tertiary/aromatic N) is 1. The number of primary amides is 1. The molecule has 2 N–H and O–H groups in total. The van der Waals surface area contributed by atoms with Crippen molar-refractivity contribution in [1.82, 2.24) is 4.90 Å². The Kier molecular flexibility index (Phi) is 3.80. The van der Waals surface area contributed by atoms with Gasteiger partial charge < -0.3 is 5.73 Å². The van der Waals surface area contributed by atoms with E-state index in [0.29, 0.717) is 13.1 Å². The van der Waals surface area contributed by atoms with Gasteiger partial charge in [-0.05, 0) is 30.7 Å². The molecule has 0 aliphatic carbocycles. The van der Waals surface area contributed by atoms with Crippen molar-refractivity contribution < 1.29 is 18.0 Å². The minimum atomic E-state index is -4.30. The molecule has 1 aliphatic rings. The second-order valence-corrected chi connectivity index (χ2v) is 4.82. The third-order valence-electron chi connectivity index (χ3n) is 3.36. The normalized spacial score (nSPS) is 20.7. The second-order valence-electron chi connectivity index (χ2n) is 4.82. The number of amides is 1. The van der Waals surface area contributed by atoms with Gasteiger partial charge in [-0.1, -0.05) is 12.1 Å². The third-order valence-corrected chi connectivity index (χ3v) is 3.36. The third kappa shape index (κ3) is 3.47. The molecule has 0 aromatic heterocycles. The summed E-state index contributed by atoms with van der Waals surface area (Å²) in [6.45, 7) is 1.87. The monoisotopic (exact) mass is 272 g/mol. The van der Waals surface area contributed by atoms with E-state index in [2.05, 4.69) is 0 Å². The molecule has 3 nitrogen and oxygen atoms in total. The standard InChI is InChI=1S/C13H15F3N2O/c14-13(15,16)11-3-1-9(2-4-11)7-18-6-5-10(8-18)12(17)19/h1-4,10H,5-8H2,(H2,17,19). The van der Waals surface area contributed by atoms with E-state index in [4.69, 9.17) is 5.73 Å². The van der Waals surface area contributed by atoms with Crippen LogP contribution in [-0.2, 0) is 17.5 Å². The van der Waals surface area contributed by atoms with Gasteiger partial charge in [-0.3, -0.25) is 9.69 Å². The molecular formula is C13H15F3N2O. The first-order valence-electron chi connectivity index (χ1n) is 6.04. The molecule has 2 rings (SSSR count). The number of halogens is 3. The second kappa shape index (κ2) is 5.21. The van der Waals surface area contributed by atoms with Crippen LogP contribution in [0.25, 0.3) is 0 Å². The fourth-order valence-electron chi connectivity index (χ4n) is 2.27. The predicted octanol–water partition coefficient (Wildman–Crippen LogP) is 2.01. The molecule has 1 fully saturated rings. The zero-order chi connectivity index (χ0) is 14.0. The molecule has 1 atom stereocenters. The van der Waals surface area contributed by atoms with Crippen molar-refractivity contribution in [1.29, 1.82) is 0 Å². The summed E-state index contributed by atoms with van der Waals surface area (Å²) in [6.07, 6.45) is -3.58. The van der Waals surface area contributed by atoms with Gasteiger partial charge >= 0.3 is 6.18 Å².